The van der Waals surface area contributed by atoms with Gasteiger partial charge in [-0.25, -0.2) is 4.99 Å². The van der Waals surface area contributed by atoms with Gasteiger partial charge in [0.2, 0.25) is 0 Å². The van der Waals surface area contributed by atoms with E-state index >= 15 is 0 Å². The molecule has 0 aromatic heterocycles. The van der Waals surface area contributed by atoms with Gasteiger partial charge < -0.3 is 4.90 Å². The first kappa shape index (κ1) is 17.7. The van der Waals surface area contributed by atoms with Gasteiger partial charge >= 0.3 is 0 Å². The molecule has 3 heteroatoms. The molecule has 1 heterocycles. The van der Waals surface area contributed by atoms with Gasteiger partial charge in [-0.1, -0.05) is 26.0 Å². The fraction of sp³-hybridized carbons (Fsp3) is 0.333. The van der Waals surface area contributed by atoms with Gasteiger partial charge in [0.25, 0.3) is 0 Å². The average Bonchev–Trinajstić information content (AvgIpc) is 2.67. The SMILES string of the molecule is CCN(CC)c1ccc2c(c1)CC1=CC(=O)c3ccc(C(C)C)cc3C1=N2. The first-order valence-electron chi connectivity index (χ1n) is 9.88. The quantitative estimate of drug-likeness (QED) is 0.727. The summed E-state index contributed by atoms with van der Waals surface area (Å²) in [5.74, 6) is 0.519. The van der Waals surface area contributed by atoms with Crippen LogP contribution in [0, 0.1) is 0 Å². The average molecular weight is 358 g/mol. The van der Waals surface area contributed by atoms with E-state index in [4.69, 9.17) is 4.99 Å². The highest BCUT2D eigenvalue weighted by Gasteiger charge is 2.28. The number of carbonyl (C=O) groups is 1. The van der Waals surface area contributed by atoms with Gasteiger partial charge in [-0.3, -0.25) is 4.79 Å². The number of anilines is 1. The van der Waals surface area contributed by atoms with Crippen LogP contribution in [0.2, 0.25) is 0 Å². The molecule has 0 N–H and O–H groups in total. The molecule has 0 spiro atoms. The Morgan fingerprint density at radius 1 is 1.04 bits per heavy atom. The Bertz CT molecular complexity index is 978. The number of hydrogen-bond donors (Lipinski definition) is 0. The monoisotopic (exact) mass is 358 g/mol. The van der Waals surface area contributed by atoms with Gasteiger partial charge in [-0.15, -0.1) is 0 Å². The molecule has 0 bridgehead atoms. The molecule has 0 fully saturated rings. The first-order chi connectivity index (χ1) is 13.0. The minimum atomic E-state index is 0.0950. The molecule has 0 unspecified atom stereocenters. The number of carbonyl (C=O) groups excluding carboxylic acids is 1. The predicted octanol–water partition coefficient (Wildman–Crippen LogP) is 5.46. The van der Waals surface area contributed by atoms with Crippen LogP contribution < -0.4 is 4.90 Å². The lowest BCUT2D eigenvalue weighted by Gasteiger charge is -2.27. The van der Waals surface area contributed by atoms with E-state index in [0.717, 1.165) is 47.6 Å². The van der Waals surface area contributed by atoms with Crippen molar-refractivity contribution in [3.63, 3.8) is 0 Å². The minimum absolute atomic E-state index is 0.0950. The molecule has 0 radical (unpaired) electrons. The lowest BCUT2D eigenvalue weighted by atomic mass is 9.82. The van der Waals surface area contributed by atoms with Crippen LogP contribution in [0.1, 0.15) is 60.7 Å². The number of nitrogens with zero attached hydrogens (tertiary/aromatic N) is 2. The molecule has 27 heavy (non-hydrogen) atoms. The Morgan fingerprint density at radius 2 is 1.81 bits per heavy atom. The maximum absolute atomic E-state index is 12.7. The molecule has 0 amide bonds. The van der Waals surface area contributed by atoms with Crippen molar-refractivity contribution in [3.8, 4) is 0 Å². The molecule has 2 aliphatic rings. The van der Waals surface area contributed by atoms with Gasteiger partial charge in [0.05, 0.1) is 11.4 Å². The van der Waals surface area contributed by atoms with Gasteiger partial charge in [0, 0.05) is 36.3 Å². The molecule has 0 atom stereocenters. The minimum Gasteiger partial charge on any atom is -0.372 e. The molecule has 0 saturated carbocycles. The Labute approximate surface area is 161 Å². The van der Waals surface area contributed by atoms with Crippen molar-refractivity contribution in [2.45, 2.75) is 40.0 Å². The highest BCUT2D eigenvalue weighted by Crippen LogP contribution is 2.37. The topological polar surface area (TPSA) is 32.7 Å². The number of allylic oxidation sites excluding steroid dienone is 2. The predicted molar refractivity (Wildman–Crippen MR) is 113 cm³/mol. The maximum atomic E-state index is 12.7. The maximum Gasteiger partial charge on any atom is 0.186 e. The van der Waals surface area contributed by atoms with E-state index in [2.05, 4.69) is 62.9 Å². The zero-order valence-electron chi connectivity index (χ0n) is 16.5. The standard InChI is InChI=1S/C24H26N2O/c1-5-26(6-2)19-8-10-22-17(12-19)11-18-14-23(27)20-9-7-16(15(3)4)13-21(20)24(18)25-22/h7-10,12-15H,5-6,11H2,1-4H3. The number of rotatable bonds is 4. The Morgan fingerprint density at radius 3 is 2.52 bits per heavy atom. The number of hydrogen-bond acceptors (Lipinski definition) is 3. The molecule has 3 nitrogen and oxygen atoms in total. The van der Waals surface area contributed by atoms with Gasteiger partial charge in [-0.05, 0) is 66.8 Å². The molecule has 0 saturated heterocycles. The highest BCUT2D eigenvalue weighted by atomic mass is 16.1. The zero-order chi connectivity index (χ0) is 19.1. The number of fused-ring (bicyclic) bond motifs is 4. The van der Waals surface area contributed by atoms with E-state index in [9.17, 15) is 4.79 Å². The van der Waals surface area contributed by atoms with Crippen molar-refractivity contribution in [3.05, 3.63) is 70.3 Å². The smallest absolute Gasteiger partial charge is 0.186 e. The van der Waals surface area contributed by atoms with Crippen LogP contribution in [-0.2, 0) is 6.42 Å². The van der Waals surface area contributed by atoms with Crippen LogP contribution in [0.4, 0.5) is 11.4 Å². The van der Waals surface area contributed by atoms with Crippen molar-refractivity contribution < 1.29 is 4.79 Å². The fourth-order valence-electron chi connectivity index (χ4n) is 4.01. The highest BCUT2D eigenvalue weighted by molar-refractivity contribution is 6.27. The van der Waals surface area contributed by atoms with E-state index in [1.807, 2.05) is 6.07 Å². The third-order valence-corrected chi connectivity index (χ3v) is 5.65. The summed E-state index contributed by atoms with van der Waals surface area (Å²) >= 11 is 0. The summed E-state index contributed by atoms with van der Waals surface area (Å²) in [5, 5.41) is 0. The summed E-state index contributed by atoms with van der Waals surface area (Å²) in [6, 6.07) is 12.7. The molecule has 1 aliphatic heterocycles. The number of ketones is 1. The van der Waals surface area contributed by atoms with Crippen LogP contribution in [0.25, 0.3) is 0 Å². The lowest BCUT2D eigenvalue weighted by molar-refractivity contribution is 0.104. The number of aliphatic imine (C=N–C) groups is 1. The molecule has 2 aromatic carbocycles. The second kappa shape index (κ2) is 6.80. The third kappa shape index (κ3) is 3.01. The van der Waals surface area contributed by atoms with Crippen LogP contribution in [0.3, 0.4) is 0 Å². The van der Waals surface area contributed by atoms with E-state index in [1.165, 1.54) is 16.8 Å². The summed E-state index contributed by atoms with van der Waals surface area (Å²) in [7, 11) is 0. The van der Waals surface area contributed by atoms with Crippen LogP contribution >= 0.6 is 0 Å². The van der Waals surface area contributed by atoms with E-state index in [1.54, 1.807) is 6.08 Å². The van der Waals surface area contributed by atoms with Crippen molar-refractivity contribution in [2.24, 2.45) is 4.99 Å². The summed E-state index contributed by atoms with van der Waals surface area (Å²) in [4.78, 5) is 20.0. The molecule has 1 aliphatic carbocycles. The Hall–Kier alpha value is -2.68. The van der Waals surface area contributed by atoms with Crippen molar-refractivity contribution in [1.29, 1.82) is 0 Å². The van der Waals surface area contributed by atoms with E-state index in [-0.39, 0.29) is 5.78 Å². The van der Waals surface area contributed by atoms with Crippen molar-refractivity contribution in [2.75, 3.05) is 18.0 Å². The molecule has 2 aromatic rings. The van der Waals surface area contributed by atoms with Crippen LogP contribution in [0.15, 0.2) is 53.0 Å². The first-order valence-corrected chi connectivity index (χ1v) is 9.88. The van der Waals surface area contributed by atoms with Gasteiger partial charge in [0.15, 0.2) is 5.78 Å². The van der Waals surface area contributed by atoms with E-state index < -0.39 is 0 Å². The van der Waals surface area contributed by atoms with Crippen LogP contribution in [0.5, 0.6) is 0 Å². The Balaban J connectivity index is 1.83. The second-order valence-electron chi connectivity index (χ2n) is 7.62. The van der Waals surface area contributed by atoms with E-state index in [0.29, 0.717) is 5.92 Å². The normalized spacial score (nSPS) is 14.9. The van der Waals surface area contributed by atoms with Gasteiger partial charge in [-0.2, -0.15) is 0 Å². The summed E-state index contributed by atoms with van der Waals surface area (Å²) in [6.07, 6.45) is 2.55. The fourth-order valence-corrected chi connectivity index (χ4v) is 4.01. The zero-order valence-corrected chi connectivity index (χ0v) is 16.5. The van der Waals surface area contributed by atoms with Gasteiger partial charge in [0.1, 0.15) is 0 Å². The molecular weight excluding hydrogens is 332 g/mol. The Kier molecular flexibility index (Phi) is 4.47. The summed E-state index contributed by atoms with van der Waals surface area (Å²) in [6.45, 7) is 10.7. The largest absolute Gasteiger partial charge is 0.372 e. The lowest BCUT2D eigenvalue weighted by Crippen LogP contribution is -2.23. The summed E-state index contributed by atoms with van der Waals surface area (Å²) < 4.78 is 0. The van der Waals surface area contributed by atoms with Crippen LogP contribution in [-0.4, -0.2) is 24.6 Å². The summed E-state index contributed by atoms with van der Waals surface area (Å²) in [5.41, 5.74) is 8.45. The molecule has 138 valence electrons. The molecular formula is C24H26N2O. The van der Waals surface area contributed by atoms with Crippen molar-refractivity contribution in [1.82, 2.24) is 0 Å². The second-order valence-corrected chi connectivity index (χ2v) is 7.62. The number of benzene rings is 2. The third-order valence-electron chi connectivity index (χ3n) is 5.65. The van der Waals surface area contributed by atoms with Crippen molar-refractivity contribution >= 4 is 22.9 Å². The molecule has 4 rings (SSSR count).